The molecule has 0 amide bonds. The molecule has 0 unspecified atom stereocenters. The Morgan fingerprint density at radius 2 is 1.75 bits per heavy atom. The van der Waals surface area contributed by atoms with Gasteiger partial charge in [-0.05, 0) is 0 Å². The van der Waals surface area contributed by atoms with E-state index in [0.29, 0.717) is 0 Å². The number of hydrogen-bond donors (Lipinski definition) is 0. The molecule has 0 aromatic rings. The minimum absolute atomic E-state index is 0. The van der Waals surface area contributed by atoms with Gasteiger partial charge in [0.15, 0.2) is 0 Å². The molecule has 0 aliphatic rings. The quantitative estimate of drug-likeness (QED) is 0.321. The van der Waals surface area contributed by atoms with Gasteiger partial charge in [0.2, 0.25) is 0 Å². The van der Waals surface area contributed by atoms with Gasteiger partial charge in [-0.1, -0.05) is 32.6 Å². The van der Waals surface area contributed by atoms with Gasteiger partial charge in [-0.25, -0.2) is 0 Å². The molecule has 0 aromatic carbocycles. The summed E-state index contributed by atoms with van der Waals surface area (Å²) in [7, 11) is 5.27. The maximum absolute atomic E-state index is 5.27. The van der Waals surface area contributed by atoms with Crippen molar-refractivity contribution < 1.29 is 18.9 Å². The van der Waals surface area contributed by atoms with Crippen LogP contribution in [0.5, 0.6) is 0 Å². The largest absolute Gasteiger partial charge is 1.00 e. The first-order valence-electron chi connectivity index (χ1n) is 3.12. The predicted molar refractivity (Wildman–Crippen MR) is 34.7 cm³/mol. The summed E-state index contributed by atoms with van der Waals surface area (Å²) >= 11 is 0. The summed E-state index contributed by atoms with van der Waals surface area (Å²) in [6.45, 7) is 2.20. The van der Waals surface area contributed by atoms with Crippen molar-refractivity contribution in [2.75, 3.05) is 0 Å². The van der Waals surface area contributed by atoms with Crippen LogP contribution in [0.4, 0.5) is 0 Å². The molecule has 3 radical (unpaired) electrons. The molecule has 8 heavy (non-hydrogen) atoms. The molecule has 0 aromatic heterocycles. The molecule has 0 saturated carbocycles. The van der Waals surface area contributed by atoms with Gasteiger partial charge < -0.3 is 7.85 Å². The predicted octanol–water partition coefficient (Wildman–Crippen LogP) is -0.842. The molecule has 2 heteroatoms. The first kappa shape index (κ1) is 11.5. The number of unbranched alkanes of at least 4 members (excludes halogenated alkanes) is 3. The smallest absolute Gasteiger partial charge is 0.626 e. The topological polar surface area (TPSA) is 0 Å². The third-order valence-electron chi connectivity index (χ3n) is 1.06. The third kappa shape index (κ3) is 9.83. The van der Waals surface area contributed by atoms with Crippen molar-refractivity contribution in [2.45, 2.75) is 38.9 Å². The molecule has 41 valence electrons. The van der Waals surface area contributed by atoms with E-state index in [2.05, 4.69) is 6.92 Å². The van der Waals surface area contributed by atoms with E-state index in [0.717, 1.165) is 6.32 Å². The van der Waals surface area contributed by atoms with Gasteiger partial charge in [-0.3, -0.25) is 6.32 Å². The monoisotopic (exact) mass is 103 g/mol. The molecule has 0 atom stereocenters. The molecule has 0 rings (SSSR count). The SMILES string of the molecule is [B-]CCCCCC.[Li+]. The van der Waals surface area contributed by atoms with Gasteiger partial charge in [0.25, 0.3) is 0 Å². The van der Waals surface area contributed by atoms with Crippen molar-refractivity contribution >= 4 is 7.85 Å². The second-order valence-corrected chi connectivity index (χ2v) is 1.85. The molecule has 0 bridgehead atoms. The Labute approximate surface area is 66.0 Å². The number of hydrogen-bond acceptors (Lipinski definition) is 0. The van der Waals surface area contributed by atoms with Crippen molar-refractivity contribution in [3.05, 3.63) is 0 Å². The average Bonchev–Trinajstić information content (AvgIpc) is 1.69. The normalized spacial score (nSPS) is 8.25. The van der Waals surface area contributed by atoms with E-state index >= 15 is 0 Å². The zero-order valence-corrected chi connectivity index (χ0v) is 6.11. The van der Waals surface area contributed by atoms with Crippen LogP contribution in [0.1, 0.15) is 32.6 Å². The van der Waals surface area contributed by atoms with Crippen LogP contribution in [0.3, 0.4) is 0 Å². The standard InChI is InChI=1S/C6H13B.Li/c1-2-3-4-5-6-7;/h2-6H2,1H3;/q-1;+1. The molecule has 0 aliphatic carbocycles. The zero-order chi connectivity index (χ0) is 5.54. The van der Waals surface area contributed by atoms with Crippen LogP contribution in [0.15, 0.2) is 0 Å². The fourth-order valence-electron chi connectivity index (χ4n) is 0.571. The first-order valence-corrected chi connectivity index (χ1v) is 3.12. The van der Waals surface area contributed by atoms with E-state index in [1.165, 1.54) is 25.7 Å². The molecule has 0 fully saturated rings. The van der Waals surface area contributed by atoms with E-state index in [9.17, 15) is 0 Å². The molecular weight excluding hydrogens is 89.8 g/mol. The Morgan fingerprint density at radius 1 is 1.12 bits per heavy atom. The molecule has 0 saturated heterocycles. The van der Waals surface area contributed by atoms with E-state index < -0.39 is 0 Å². The Hall–Kier alpha value is 0.662. The summed E-state index contributed by atoms with van der Waals surface area (Å²) in [6, 6.07) is 0. The summed E-state index contributed by atoms with van der Waals surface area (Å²) in [5.41, 5.74) is 0. The molecule has 0 spiro atoms. The van der Waals surface area contributed by atoms with Gasteiger partial charge in [0, 0.05) is 0 Å². The summed E-state index contributed by atoms with van der Waals surface area (Å²) in [5.74, 6) is 0. The fourth-order valence-corrected chi connectivity index (χ4v) is 0.571. The van der Waals surface area contributed by atoms with E-state index in [1.807, 2.05) is 0 Å². The Balaban J connectivity index is 0. The average molecular weight is 103 g/mol. The van der Waals surface area contributed by atoms with E-state index in [1.54, 1.807) is 0 Å². The molecule has 0 N–H and O–H groups in total. The molecular formula is C6H13BLi. The van der Waals surface area contributed by atoms with Crippen LogP contribution >= 0.6 is 0 Å². The van der Waals surface area contributed by atoms with Crippen LogP contribution in [0.25, 0.3) is 0 Å². The molecule has 0 nitrogen and oxygen atoms in total. The van der Waals surface area contributed by atoms with E-state index in [-0.39, 0.29) is 18.9 Å². The Morgan fingerprint density at radius 3 is 2.12 bits per heavy atom. The molecule has 0 heterocycles. The Kier molecular flexibility index (Phi) is 15.2. The summed E-state index contributed by atoms with van der Waals surface area (Å²) in [6.07, 6.45) is 6.03. The molecule has 0 aliphatic heterocycles. The van der Waals surface area contributed by atoms with Crippen LogP contribution in [0, 0.1) is 0 Å². The maximum Gasteiger partial charge on any atom is 1.00 e. The van der Waals surface area contributed by atoms with Gasteiger partial charge in [0.05, 0.1) is 0 Å². The van der Waals surface area contributed by atoms with E-state index in [4.69, 9.17) is 7.85 Å². The minimum atomic E-state index is 0. The summed E-state index contributed by atoms with van der Waals surface area (Å²) < 4.78 is 0. The Bertz CT molecular complexity index is 27.7. The third-order valence-corrected chi connectivity index (χ3v) is 1.06. The van der Waals surface area contributed by atoms with Gasteiger partial charge in [0.1, 0.15) is 0 Å². The second kappa shape index (κ2) is 10.6. The van der Waals surface area contributed by atoms with Gasteiger partial charge in [-0.15, -0.1) is 0 Å². The van der Waals surface area contributed by atoms with Crippen LogP contribution < -0.4 is 18.9 Å². The van der Waals surface area contributed by atoms with Crippen molar-refractivity contribution in [1.29, 1.82) is 0 Å². The zero-order valence-electron chi connectivity index (χ0n) is 6.11. The van der Waals surface area contributed by atoms with Crippen molar-refractivity contribution in [2.24, 2.45) is 0 Å². The van der Waals surface area contributed by atoms with Crippen molar-refractivity contribution in [3.63, 3.8) is 0 Å². The van der Waals surface area contributed by atoms with Gasteiger partial charge >= 0.3 is 18.9 Å². The summed E-state index contributed by atoms with van der Waals surface area (Å²) in [4.78, 5) is 0. The van der Waals surface area contributed by atoms with Crippen molar-refractivity contribution in [3.8, 4) is 0 Å². The van der Waals surface area contributed by atoms with Crippen molar-refractivity contribution in [1.82, 2.24) is 0 Å². The number of rotatable bonds is 4. The minimum Gasteiger partial charge on any atom is -0.626 e. The maximum atomic E-state index is 5.27. The first-order chi connectivity index (χ1) is 3.41. The fraction of sp³-hybridized carbons (Fsp3) is 1.00. The van der Waals surface area contributed by atoms with Crippen LogP contribution in [-0.4, -0.2) is 7.85 Å². The van der Waals surface area contributed by atoms with Crippen LogP contribution in [0.2, 0.25) is 6.32 Å². The second-order valence-electron chi connectivity index (χ2n) is 1.85. The van der Waals surface area contributed by atoms with Gasteiger partial charge in [-0.2, -0.15) is 0 Å². The summed E-state index contributed by atoms with van der Waals surface area (Å²) in [5, 5.41) is 0. The van der Waals surface area contributed by atoms with Crippen LogP contribution in [-0.2, 0) is 0 Å².